The number of hydrogen-bond acceptors (Lipinski definition) is 3. The van der Waals surface area contributed by atoms with Gasteiger partial charge in [0.1, 0.15) is 5.75 Å². The van der Waals surface area contributed by atoms with Crippen molar-refractivity contribution in [2.75, 3.05) is 26.7 Å². The minimum absolute atomic E-state index is 0.0812. The van der Waals surface area contributed by atoms with Crippen LogP contribution < -0.4 is 4.74 Å². The van der Waals surface area contributed by atoms with Gasteiger partial charge in [0.05, 0.1) is 13.2 Å². The Morgan fingerprint density at radius 3 is 2.21 bits per heavy atom. The minimum Gasteiger partial charge on any atom is -0.497 e. The van der Waals surface area contributed by atoms with Gasteiger partial charge in [-0.25, -0.2) is 0 Å². The van der Waals surface area contributed by atoms with Gasteiger partial charge in [0.25, 0.3) is 0 Å². The topological polar surface area (TPSA) is 32.7 Å². The first-order valence-corrected chi connectivity index (χ1v) is 8.87. The van der Waals surface area contributed by atoms with E-state index >= 15 is 0 Å². The third-order valence-corrected chi connectivity index (χ3v) is 4.97. The summed E-state index contributed by atoms with van der Waals surface area (Å²) in [6, 6.07) is 18.2. The van der Waals surface area contributed by atoms with Crippen molar-refractivity contribution in [2.45, 2.75) is 31.3 Å². The van der Waals surface area contributed by atoms with Crippen LogP contribution in [0.5, 0.6) is 5.75 Å². The van der Waals surface area contributed by atoms with Crippen LogP contribution >= 0.6 is 0 Å². The van der Waals surface area contributed by atoms with Gasteiger partial charge in [0, 0.05) is 12.5 Å². The second-order valence-corrected chi connectivity index (χ2v) is 6.60. The Hall–Kier alpha value is -1.84. The maximum atomic E-state index is 11.1. The molecule has 0 spiro atoms. The Bertz CT molecular complexity index is 605. The second-order valence-electron chi connectivity index (χ2n) is 6.60. The van der Waals surface area contributed by atoms with Crippen LogP contribution in [0.15, 0.2) is 54.6 Å². The summed E-state index contributed by atoms with van der Waals surface area (Å²) >= 11 is 0. The van der Waals surface area contributed by atoms with Gasteiger partial charge in [-0.3, -0.25) is 0 Å². The highest BCUT2D eigenvalue weighted by Gasteiger charge is 2.26. The quantitative estimate of drug-likeness (QED) is 0.871. The number of piperidine rings is 1. The summed E-state index contributed by atoms with van der Waals surface area (Å²) in [6.45, 7) is 3.18. The lowest BCUT2D eigenvalue weighted by molar-refractivity contribution is 0.109. The molecule has 2 atom stereocenters. The first kappa shape index (κ1) is 17.0. The van der Waals surface area contributed by atoms with E-state index in [4.69, 9.17) is 4.74 Å². The molecule has 1 fully saturated rings. The van der Waals surface area contributed by atoms with Crippen LogP contribution in [-0.2, 0) is 0 Å². The van der Waals surface area contributed by atoms with E-state index in [-0.39, 0.29) is 5.92 Å². The molecule has 3 heteroatoms. The lowest BCUT2D eigenvalue weighted by Gasteiger charge is -2.33. The van der Waals surface area contributed by atoms with E-state index in [0.29, 0.717) is 0 Å². The van der Waals surface area contributed by atoms with Gasteiger partial charge >= 0.3 is 0 Å². The van der Waals surface area contributed by atoms with E-state index in [1.165, 1.54) is 24.8 Å². The zero-order valence-corrected chi connectivity index (χ0v) is 14.4. The lowest BCUT2D eigenvalue weighted by Crippen LogP contribution is -2.35. The fraction of sp³-hybridized carbons (Fsp3) is 0.429. The first-order valence-electron chi connectivity index (χ1n) is 8.87. The Morgan fingerprint density at radius 1 is 0.917 bits per heavy atom. The normalized spacial score (nSPS) is 18.1. The van der Waals surface area contributed by atoms with Crippen LogP contribution in [-0.4, -0.2) is 36.8 Å². The summed E-state index contributed by atoms with van der Waals surface area (Å²) < 4.78 is 5.23. The fourth-order valence-corrected chi connectivity index (χ4v) is 3.54. The molecule has 0 aromatic heterocycles. The number of benzene rings is 2. The summed E-state index contributed by atoms with van der Waals surface area (Å²) in [5.74, 6) is 0.899. The molecule has 3 rings (SSSR count). The highest BCUT2D eigenvalue weighted by atomic mass is 16.5. The van der Waals surface area contributed by atoms with Crippen LogP contribution in [0.25, 0.3) is 0 Å². The first-order chi connectivity index (χ1) is 11.8. The molecule has 0 unspecified atom stereocenters. The summed E-state index contributed by atoms with van der Waals surface area (Å²) in [6.07, 6.45) is 3.34. The van der Waals surface area contributed by atoms with E-state index < -0.39 is 6.10 Å². The summed E-state index contributed by atoms with van der Waals surface area (Å²) in [5, 5.41) is 11.1. The Labute approximate surface area is 144 Å². The molecule has 2 aromatic carbocycles. The van der Waals surface area contributed by atoms with Crippen LogP contribution in [0.4, 0.5) is 0 Å². The highest BCUT2D eigenvalue weighted by molar-refractivity contribution is 5.32. The van der Waals surface area contributed by atoms with Crippen molar-refractivity contribution >= 4 is 0 Å². The Balaban J connectivity index is 1.82. The average Bonchev–Trinajstić information content (AvgIpc) is 2.67. The molecule has 1 aliphatic heterocycles. The van der Waals surface area contributed by atoms with E-state index in [1.807, 2.05) is 30.3 Å². The predicted molar refractivity (Wildman–Crippen MR) is 97.4 cm³/mol. The minimum atomic E-state index is -0.514. The molecular weight excluding hydrogens is 298 g/mol. The number of aliphatic hydroxyl groups is 1. The van der Waals surface area contributed by atoms with E-state index in [9.17, 15) is 5.11 Å². The monoisotopic (exact) mass is 325 g/mol. The van der Waals surface area contributed by atoms with Crippen molar-refractivity contribution in [1.82, 2.24) is 4.90 Å². The standard InChI is InChI=1S/C21H27NO2/c1-24-19-12-10-18(11-13-19)21(23)20(17-8-4-2-5-9-17)16-22-14-6-3-7-15-22/h2,4-5,8-13,20-21,23H,3,6-7,14-16H2,1H3/t20-,21-/m0/s1. The summed E-state index contributed by atoms with van der Waals surface area (Å²) in [5.41, 5.74) is 2.15. The Morgan fingerprint density at radius 2 is 1.58 bits per heavy atom. The molecule has 1 heterocycles. The van der Waals surface area contributed by atoms with Crippen molar-refractivity contribution in [3.05, 3.63) is 65.7 Å². The smallest absolute Gasteiger partial charge is 0.118 e. The fourth-order valence-electron chi connectivity index (χ4n) is 3.54. The number of likely N-dealkylation sites (tertiary alicyclic amines) is 1. The number of rotatable bonds is 6. The second kappa shape index (κ2) is 8.32. The number of aliphatic hydroxyl groups excluding tert-OH is 1. The van der Waals surface area contributed by atoms with Crippen molar-refractivity contribution < 1.29 is 9.84 Å². The lowest BCUT2D eigenvalue weighted by atomic mass is 9.88. The third-order valence-electron chi connectivity index (χ3n) is 4.97. The van der Waals surface area contributed by atoms with Gasteiger partial charge in [-0.15, -0.1) is 0 Å². The maximum absolute atomic E-state index is 11.1. The average molecular weight is 325 g/mol. The van der Waals surface area contributed by atoms with Crippen LogP contribution in [0.3, 0.4) is 0 Å². The third kappa shape index (κ3) is 4.16. The Kier molecular flexibility index (Phi) is 5.89. The zero-order valence-electron chi connectivity index (χ0n) is 14.4. The van der Waals surface area contributed by atoms with E-state index in [2.05, 4.69) is 29.2 Å². The molecule has 0 amide bonds. The van der Waals surface area contributed by atoms with Gasteiger partial charge in [0.15, 0.2) is 0 Å². The van der Waals surface area contributed by atoms with Crippen molar-refractivity contribution in [3.8, 4) is 5.75 Å². The number of hydrogen-bond donors (Lipinski definition) is 1. The van der Waals surface area contributed by atoms with Gasteiger partial charge in [-0.2, -0.15) is 0 Å². The molecule has 2 aromatic rings. The summed E-state index contributed by atoms with van der Waals surface area (Å²) in [7, 11) is 1.66. The summed E-state index contributed by atoms with van der Waals surface area (Å²) in [4.78, 5) is 2.49. The van der Waals surface area contributed by atoms with Crippen molar-refractivity contribution in [3.63, 3.8) is 0 Å². The SMILES string of the molecule is COc1ccc([C@H](O)[C@@H](CN2CCCCC2)c2ccccc2)cc1. The molecule has 1 N–H and O–H groups in total. The number of ether oxygens (including phenoxy) is 1. The van der Waals surface area contributed by atoms with Gasteiger partial charge in [-0.05, 0) is 49.2 Å². The largest absolute Gasteiger partial charge is 0.497 e. The molecule has 1 saturated heterocycles. The number of methoxy groups -OCH3 is 1. The highest BCUT2D eigenvalue weighted by Crippen LogP contribution is 2.33. The molecule has 3 nitrogen and oxygen atoms in total. The molecule has 0 aliphatic carbocycles. The van der Waals surface area contributed by atoms with Crippen molar-refractivity contribution in [1.29, 1.82) is 0 Å². The molecular formula is C21H27NO2. The van der Waals surface area contributed by atoms with Crippen molar-refractivity contribution in [2.24, 2.45) is 0 Å². The zero-order chi connectivity index (χ0) is 16.8. The molecule has 0 bridgehead atoms. The van der Waals surface area contributed by atoms with E-state index in [0.717, 1.165) is 30.9 Å². The van der Waals surface area contributed by atoms with Crippen LogP contribution in [0.1, 0.15) is 42.4 Å². The van der Waals surface area contributed by atoms with Gasteiger partial charge in [-0.1, -0.05) is 48.9 Å². The number of nitrogens with zero attached hydrogens (tertiary/aromatic N) is 1. The molecule has 1 aliphatic rings. The van der Waals surface area contributed by atoms with Crippen LogP contribution in [0.2, 0.25) is 0 Å². The van der Waals surface area contributed by atoms with E-state index in [1.54, 1.807) is 7.11 Å². The molecule has 0 saturated carbocycles. The van der Waals surface area contributed by atoms with Crippen LogP contribution in [0, 0.1) is 0 Å². The van der Waals surface area contributed by atoms with Gasteiger partial charge < -0.3 is 14.7 Å². The molecule has 0 radical (unpaired) electrons. The molecule has 24 heavy (non-hydrogen) atoms. The van der Waals surface area contributed by atoms with Gasteiger partial charge in [0.2, 0.25) is 0 Å². The maximum Gasteiger partial charge on any atom is 0.118 e. The molecule has 128 valence electrons. The predicted octanol–water partition coefficient (Wildman–Crippen LogP) is 4.00.